The fourth-order valence-corrected chi connectivity index (χ4v) is 8.19. The standard InChI is InChI=1S/C53H101N2O7P/c1-7-10-13-16-19-22-25-26-27-28-31-34-37-40-43-46-53(57)62-51(44-41-38-35-32-29-23-20-17-14-11-8-2)50(49-61-63(58,59)60-48-47-55(4,5)6)54-52(56)45-42-39-36-33-30-24-21-18-15-12-9-3/h19,22,25-26,41,44,50-51H,7-18,20-21,23-24,27-40,42-43,45-49H2,1-6H3,(H-,54,56,58,59)/p+1/b22-19+,26-25+,44-41+. The molecule has 0 aromatic heterocycles. The van der Waals surface area contributed by atoms with Crippen molar-refractivity contribution in [3.8, 4) is 0 Å². The van der Waals surface area contributed by atoms with E-state index in [1.807, 2.05) is 33.3 Å². The van der Waals surface area contributed by atoms with Gasteiger partial charge in [-0.15, -0.1) is 0 Å². The molecule has 0 aromatic rings. The number of carbonyl (C=O) groups excluding carboxylic acids is 2. The molecule has 0 aliphatic carbocycles. The smallest absolute Gasteiger partial charge is 0.456 e. The Morgan fingerprint density at radius 3 is 1.43 bits per heavy atom. The minimum absolute atomic E-state index is 0.0398. The Bertz CT molecular complexity index is 1180. The Hall–Kier alpha value is -1.77. The topological polar surface area (TPSA) is 111 Å². The molecule has 0 heterocycles. The monoisotopic (exact) mass is 910 g/mol. The zero-order chi connectivity index (χ0) is 46.5. The molecule has 0 fully saturated rings. The number of hydrogen-bond acceptors (Lipinski definition) is 6. The van der Waals surface area contributed by atoms with E-state index in [2.05, 4.69) is 50.4 Å². The normalized spacial score (nSPS) is 14.2. The molecule has 2 N–H and O–H groups in total. The molecule has 0 aliphatic rings. The van der Waals surface area contributed by atoms with Crippen molar-refractivity contribution in [2.45, 2.75) is 251 Å². The third-order valence-corrected chi connectivity index (χ3v) is 12.6. The van der Waals surface area contributed by atoms with Crippen LogP contribution in [0, 0.1) is 0 Å². The summed E-state index contributed by atoms with van der Waals surface area (Å²) in [6.07, 6.45) is 49.9. The Labute approximate surface area is 389 Å². The first-order valence-electron chi connectivity index (χ1n) is 26.3. The predicted octanol–water partition coefficient (Wildman–Crippen LogP) is 15.2. The molecular formula is C53H102N2O7P+. The summed E-state index contributed by atoms with van der Waals surface area (Å²) >= 11 is 0. The van der Waals surface area contributed by atoms with Gasteiger partial charge in [0.1, 0.15) is 19.3 Å². The Balaban J connectivity index is 5.41. The van der Waals surface area contributed by atoms with Crippen LogP contribution in [0.25, 0.3) is 0 Å². The lowest BCUT2D eigenvalue weighted by atomic mass is 10.0. The van der Waals surface area contributed by atoms with E-state index in [1.165, 1.54) is 128 Å². The highest BCUT2D eigenvalue weighted by atomic mass is 31.2. The number of phosphoric ester groups is 1. The van der Waals surface area contributed by atoms with Crippen molar-refractivity contribution in [3.63, 3.8) is 0 Å². The van der Waals surface area contributed by atoms with Crippen LogP contribution in [0.5, 0.6) is 0 Å². The van der Waals surface area contributed by atoms with Crippen molar-refractivity contribution < 1.29 is 37.3 Å². The number of nitrogens with zero attached hydrogens (tertiary/aromatic N) is 1. The number of phosphoric acid groups is 1. The highest BCUT2D eigenvalue weighted by Crippen LogP contribution is 2.43. The average molecular weight is 910 g/mol. The second-order valence-electron chi connectivity index (χ2n) is 19.1. The summed E-state index contributed by atoms with van der Waals surface area (Å²) in [6, 6.07) is -0.846. The number of unbranched alkanes of at least 4 members (excludes halogenated alkanes) is 28. The summed E-state index contributed by atoms with van der Waals surface area (Å²) in [4.78, 5) is 37.4. The van der Waals surface area contributed by atoms with Crippen LogP contribution < -0.4 is 5.32 Å². The summed E-state index contributed by atoms with van der Waals surface area (Å²) in [5.74, 6) is -0.516. The van der Waals surface area contributed by atoms with Crippen LogP contribution in [-0.4, -0.2) is 74.3 Å². The minimum atomic E-state index is -4.43. The Kier molecular flexibility index (Phi) is 42.8. The molecule has 0 bridgehead atoms. The molecule has 3 atom stereocenters. The van der Waals surface area contributed by atoms with Gasteiger partial charge in [-0.2, -0.15) is 0 Å². The van der Waals surface area contributed by atoms with Crippen LogP contribution in [0.15, 0.2) is 36.5 Å². The van der Waals surface area contributed by atoms with Gasteiger partial charge in [0.05, 0.1) is 33.8 Å². The van der Waals surface area contributed by atoms with E-state index in [4.69, 9.17) is 13.8 Å². The second kappa shape index (κ2) is 44.1. The van der Waals surface area contributed by atoms with Gasteiger partial charge in [-0.1, -0.05) is 205 Å². The fourth-order valence-electron chi connectivity index (χ4n) is 7.46. The van der Waals surface area contributed by atoms with Gasteiger partial charge in [0.15, 0.2) is 0 Å². The van der Waals surface area contributed by atoms with Gasteiger partial charge < -0.3 is 19.4 Å². The SMILES string of the molecule is CCCCC/C=C/C=C/CCCCCCCCC(=O)OC(/C=C/CCCCCCCCCCC)C(COP(=O)(O)OCC[N+](C)(C)C)NC(=O)CCCCCCCCCCCCC. The van der Waals surface area contributed by atoms with Gasteiger partial charge in [-0.25, -0.2) is 4.57 Å². The third kappa shape index (κ3) is 45.2. The quantitative estimate of drug-likeness (QED) is 0.0156. The molecule has 1 amide bonds. The maximum Gasteiger partial charge on any atom is 0.472 e. The lowest BCUT2D eigenvalue weighted by molar-refractivity contribution is -0.870. The van der Waals surface area contributed by atoms with Crippen LogP contribution in [0.2, 0.25) is 0 Å². The van der Waals surface area contributed by atoms with Gasteiger partial charge in [0.25, 0.3) is 0 Å². The number of hydrogen-bond donors (Lipinski definition) is 2. The molecule has 370 valence electrons. The number of likely N-dealkylation sites (N-methyl/N-ethyl adjacent to an activating group) is 1. The molecule has 9 nitrogen and oxygen atoms in total. The molecule has 3 unspecified atom stereocenters. The van der Waals surface area contributed by atoms with Gasteiger partial charge in [-0.3, -0.25) is 18.6 Å². The van der Waals surface area contributed by atoms with E-state index in [-0.39, 0.29) is 31.5 Å². The van der Waals surface area contributed by atoms with Crippen LogP contribution in [-0.2, 0) is 27.9 Å². The first-order chi connectivity index (χ1) is 30.4. The van der Waals surface area contributed by atoms with Crippen LogP contribution in [0.4, 0.5) is 0 Å². The molecule has 0 rings (SSSR count). The second-order valence-corrected chi connectivity index (χ2v) is 20.5. The van der Waals surface area contributed by atoms with Gasteiger partial charge >= 0.3 is 13.8 Å². The number of allylic oxidation sites excluding steroid dienone is 5. The van der Waals surface area contributed by atoms with Crippen LogP contribution >= 0.6 is 7.82 Å². The first kappa shape index (κ1) is 61.2. The van der Waals surface area contributed by atoms with Crippen molar-refractivity contribution >= 4 is 19.7 Å². The van der Waals surface area contributed by atoms with Crippen LogP contribution in [0.3, 0.4) is 0 Å². The largest absolute Gasteiger partial charge is 0.472 e. The molecule has 0 saturated heterocycles. The summed E-state index contributed by atoms with van der Waals surface area (Å²) in [5, 5.41) is 3.03. The fraction of sp³-hybridized carbons (Fsp3) is 0.849. The van der Waals surface area contributed by atoms with Crippen LogP contribution in [0.1, 0.15) is 239 Å². The third-order valence-electron chi connectivity index (χ3n) is 11.6. The van der Waals surface area contributed by atoms with Crippen molar-refractivity contribution in [1.29, 1.82) is 0 Å². The highest BCUT2D eigenvalue weighted by Gasteiger charge is 2.30. The lowest BCUT2D eigenvalue weighted by Gasteiger charge is -2.27. The molecule has 10 heteroatoms. The van der Waals surface area contributed by atoms with Gasteiger partial charge in [-0.05, 0) is 57.4 Å². The lowest BCUT2D eigenvalue weighted by Crippen LogP contribution is -2.47. The zero-order valence-corrected chi connectivity index (χ0v) is 43.0. The first-order valence-corrected chi connectivity index (χ1v) is 27.8. The molecule has 63 heavy (non-hydrogen) atoms. The summed E-state index contributed by atoms with van der Waals surface area (Å²) < 4.78 is 30.5. The molecule has 0 spiro atoms. The molecule has 0 aromatic carbocycles. The van der Waals surface area contributed by atoms with Crippen molar-refractivity contribution in [3.05, 3.63) is 36.5 Å². The maximum absolute atomic E-state index is 13.4. The number of esters is 1. The van der Waals surface area contributed by atoms with E-state index >= 15 is 0 Å². The van der Waals surface area contributed by atoms with Crippen molar-refractivity contribution in [2.75, 3.05) is 40.9 Å². The van der Waals surface area contributed by atoms with E-state index in [0.29, 0.717) is 17.4 Å². The molecule has 0 saturated carbocycles. The van der Waals surface area contributed by atoms with E-state index < -0.39 is 20.0 Å². The number of carbonyl (C=O) groups is 2. The van der Waals surface area contributed by atoms with E-state index in [0.717, 1.165) is 77.0 Å². The number of rotatable bonds is 47. The van der Waals surface area contributed by atoms with Gasteiger partial charge in [0, 0.05) is 12.8 Å². The highest BCUT2D eigenvalue weighted by molar-refractivity contribution is 7.47. The molecule has 0 aliphatic heterocycles. The van der Waals surface area contributed by atoms with E-state index in [1.54, 1.807) is 0 Å². The number of amides is 1. The predicted molar refractivity (Wildman–Crippen MR) is 268 cm³/mol. The van der Waals surface area contributed by atoms with Gasteiger partial charge in [0.2, 0.25) is 5.91 Å². The molecular weight excluding hydrogens is 808 g/mol. The average Bonchev–Trinajstić information content (AvgIpc) is 3.23. The Morgan fingerprint density at radius 1 is 0.556 bits per heavy atom. The minimum Gasteiger partial charge on any atom is -0.456 e. The molecule has 0 radical (unpaired) electrons. The number of nitrogens with one attached hydrogen (secondary N) is 1. The van der Waals surface area contributed by atoms with E-state index in [9.17, 15) is 19.0 Å². The number of quaternary nitrogens is 1. The summed E-state index contributed by atoms with van der Waals surface area (Å²) in [6.45, 7) is 6.95. The number of ether oxygens (including phenoxy) is 1. The summed E-state index contributed by atoms with van der Waals surface area (Å²) in [5.41, 5.74) is 0. The Morgan fingerprint density at radius 2 is 0.952 bits per heavy atom. The maximum atomic E-state index is 13.4. The van der Waals surface area contributed by atoms with Crippen molar-refractivity contribution in [2.24, 2.45) is 0 Å². The van der Waals surface area contributed by atoms with Crippen molar-refractivity contribution in [1.82, 2.24) is 5.32 Å². The zero-order valence-electron chi connectivity index (χ0n) is 42.1. The summed E-state index contributed by atoms with van der Waals surface area (Å²) in [7, 11) is 1.49.